The molecule has 0 saturated carbocycles. The van der Waals surface area contributed by atoms with Crippen LogP contribution in [0.3, 0.4) is 0 Å². The van der Waals surface area contributed by atoms with Crippen molar-refractivity contribution in [3.05, 3.63) is 59.7 Å². The lowest BCUT2D eigenvalue weighted by molar-refractivity contribution is -0.136. The number of halogens is 4. The normalized spacial score (nSPS) is 10.5. The Bertz CT molecular complexity index is 740. The number of ether oxygens (including phenoxy) is 2. The second-order valence-corrected chi connectivity index (χ2v) is 5.30. The predicted molar refractivity (Wildman–Crippen MR) is 82.5 cm³/mol. The molecule has 0 bridgehead atoms. The molecule has 0 unspecified atom stereocenters. The van der Waals surface area contributed by atoms with Crippen molar-refractivity contribution in [3.63, 3.8) is 0 Å². The van der Waals surface area contributed by atoms with Gasteiger partial charge in [-0.3, -0.25) is 9.59 Å². The van der Waals surface area contributed by atoms with Gasteiger partial charge in [0, 0.05) is 25.0 Å². The van der Waals surface area contributed by atoms with Crippen molar-refractivity contribution in [2.24, 2.45) is 0 Å². The third kappa shape index (κ3) is 5.87. The lowest BCUT2D eigenvalue weighted by atomic mass is 10.2. The second-order valence-electron chi connectivity index (χ2n) is 5.30. The van der Waals surface area contributed by atoms with Gasteiger partial charge in [0.05, 0.1) is 0 Å². The van der Waals surface area contributed by atoms with E-state index in [1.54, 1.807) is 0 Å². The molecule has 0 heterocycles. The van der Waals surface area contributed by atoms with E-state index < -0.39 is 35.2 Å². The largest absolute Gasteiger partial charge is 0.423 e. The van der Waals surface area contributed by atoms with Gasteiger partial charge < -0.3 is 9.47 Å². The van der Waals surface area contributed by atoms with Crippen molar-refractivity contribution in [2.75, 3.05) is 0 Å². The predicted octanol–water partition coefficient (Wildman–Crippen LogP) is 4.31. The van der Waals surface area contributed by atoms with Gasteiger partial charge in [-0.2, -0.15) is 0 Å². The molecule has 8 heteroatoms. The summed E-state index contributed by atoms with van der Waals surface area (Å²) in [6.07, 6.45) is 0.273. The fourth-order valence-corrected chi connectivity index (χ4v) is 2.00. The third-order valence-electron chi connectivity index (χ3n) is 3.25. The molecule has 0 saturated heterocycles. The molecule has 0 aromatic heterocycles. The molecule has 0 aliphatic carbocycles. The molecule has 0 spiro atoms. The Morgan fingerprint density at radius 1 is 0.692 bits per heavy atom. The second kappa shape index (κ2) is 8.98. The number of rotatable bonds is 7. The molecule has 138 valence electrons. The van der Waals surface area contributed by atoms with Crippen LogP contribution in [0.5, 0.6) is 11.5 Å². The van der Waals surface area contributed by atoms with E-state index in [9.17, 15) is 27.2 Å². The van der Waals surface area contributed by atoms with Gasteiger partial charge in [0.25, 0.3) is 0 Å². The quantitative estimate of drug-likeness (QED) is 0.315. The SMILES string of the molecule is O=C(CCCCC(=O)Oc1ccc(F)cc1F)Oc1ccc(F)cc1F. The van der Waals surface area contributed by atoms with E-state index in [2.05, 4.69) is 0 Å². The number of hydrogen-bond donors (Lipinski definition) is 0. The summed E-state index contributed by atoms with van der Waals surface area (Å²) in [4.78, 5) is 23.2. The van der Waals surface area contributed by atoms with Gasteiger partial charge in [-0.25, -0.2) is 17.6 Å². The highest BCUT2D eigenvalue weighted by molar-refractivity contribution is 5.73. The fraction of sp³-hybridized carbons (Fsp3) is 0.222. The van der Waals surface area contributed by atoms with Crippen LogP contribution in [0.15, 0.2) is 36.4 Å². The van der Waals surface area contributed by atoms with Gasteiger partial charge in [-0.05, 0) is 37.1 Å². The zero-order valence-electron chi connectivity index (χ0n) is 13.4. The number of benzene rings is 2. The highest BCUT2D eigenvalue weighted by Gasteiger charge is 2.13. The number of unbranched alkanes of at least 4 members (excludes halogenated alkanes) is 1. The smallest absolute Gasteiger partial charge is 0.311 e. The van der Waals surface area contributed by atoms with Gasteiger partial charge in [-0.15, -0.1) is 0 Å². The van der Waals surface area contributed by atoms with Crippen molar-refractivity contribution < 1.29 is 36.6 Å². The lowest BCUT2D eigenvalue weighted by Crippen LogP contribution is -2.11. The molecule has 0 aliphatic heterocycles. The number of hydrogen-bond acceptors (Lipinski definition) is 4. The van der Waals surface area contributed by atoms with E-state index in [1.807, 2.05) is 0 Å². The van der Waals surface area contributed by atoms with Gasteiger partial charge in [0.1, 0.15) is 11.6 Å². The molecule has 2 aromatic carbocycles. The lowest BCUT2D eigenvalue weighted by Gasteiger charge is -2.06. The third-order valence-corrected chi connectivity index (χ3v) is 3.25. The van der Waals surface area contributed by atoms with Crippen LogP contribution < -0.4 is 9.47 Å². The molecule has 0 radical (unpaired) electrons. The Morgan fingerprint density at radius 2 is 1.08 bits per heavy atom. The summed E-state index contributed by atoms with van der Waals surface area (Å²) in [5, 5.41) is 0. The molecule has 0 atom stereocenters. The number of esters is 2. The van der Waals surface area contributed by atoms with E-state index in [4.69, 9.17) is 9.47 Å². The van der Waals surface area contributed by atoms with Crippen molar-refractivity contribution in [3.8, 4) is 11.5 Å². The van der Waals surface area contributed by atoms with E-state index in [0.717, 1.165) is 24.3 Å². The maximum Gasteiger partial charge on any atom is 0.311 e. The fourth-order valence-electron chi connectivity index (χ4n) is 2.00. The summed E-state index contributed by atoms with van der Waals surface area (Å²) < 4.78 is 61.7. The summed E-state index contributed by atoms with van der Waals surface area (Å²) >= 11 is 0. The average Bonchev–Trinajstić information content (AvgIpc) is 2.57. The summed E-state index contributed by atoms with van der Waals surface area (Å²) in [6.45, 7) is 0. The summed E-state index contributed by atoms with van der Waals surface area (Å²) in [7, 11) is 0. The topological polar surface area (TPSA) is 52.6 Å². The van der Waals surface area contributed by atoms with E-state index in [0.29, 0.717) is 12.1 Å². The minimum Gasteiger partial charge on any atom is -0.423 e. The van der Waals surface area contributed by atoms with Crippen LogP contribution in [0, 0.1) is 23.3 Å². The zero-order chi connectivity index (χ0) is 19.1. The van der Waals surface area contributed by atoms with E-state index >= 15 is 0 Å². The first-order chi connectivity index (χ1) is 12.3. The standard InChI is InChI=1S/C18H14F4O4/c19-11-5-7-15(13(21)9-11)25-17(23)3-1-2-4-18(24)26-16-8-6-12(20)10-14(16)22/h5-10H,1-4H2. The van der Waals surface area contributed by atoms with E-state index in [1.165, 1.54) is 0 Å². The first kappa shape index (κ1) is 19.4. The van der Waals surface area contributed by atoms with Crippen molar-refractivity contribution >= 4 is 11.9 Å². The number of carbonyl (C=O) groups is 2. The molecule has 4 nitrogen and oxygen atoms in total. The molecule has 0 aliphatic rings. The van der Waals surface area contributed by atoms with Crippen molar-refractivity contribution in [2.45, 2.75) is 25.7 Å². The van der Waals surface area contributed by atoms with Crippen LogP contribution in [0.25, 0.3) is 0 Å². The molecule has 0 fully saturated rings. The van der Waals surface area contributed by atoms with Crippen LogP contribution >= 0.6 is 0 Å². The van der Waals surface area contributed by atoms with Gasteiger partial charge in [0.2, 0.25) is 0 Å². The molecule has 26 heavy (non-hydrogen) atoms. The molecule has 2 rings (SSSR count). The first-order valence-corrected chi connectivity index (χ1v) is 7.66. The van der Waals surface area contributed by atoms with Crippen LogP contribution in [0.4, 0.5) is 17.6 Å². The van der Waals surface area contributed by atoms with E-state index in [-0.39, 0.29) is 37.2 Å². The minimum absolute atomic E-state index is 0.102. The summed E-state index contributed by atoms with van der Waals surface area (Å²) in [5.41, 5.74) is 0. The van der Waals surface area contributed by atoms with Gasteiger partial charge in [-0.1, -0.05) is 0 Å². The number of carbonyl (C=O) groups excluding carboxylic acids is 2. The van der Waals surface area contributed by atoms with Crippen LogP contribution in [-0.2, 0) is 9.59 Å². The average molecular weight is 370 g/mol. The summed E-state index contributed by atoms with van der Waals surface area (Å²) in [6, 6.07) is 5.08. The molecule has 2 aromatic rings. The zero-order valence-corrected chi connectivity index (χ0v) is 13.4. The molecular formula is C18H14F4O4. The Labute approximate surface area is 146 Å². The Kier molecular flexibility index (Phi) is 6.71. The van der Waals surface area contributed by atoms with Gasteiger partial charge >= 0.3 is 11.9 Å². The highest BCUT2D eigenvalue weighted by Crippen LogP contribution is 2.20. The molecule has 0 N–H and O–H groups in total. The minimum atomic E-state index is -0.997. The summed E-state index contributed by atoms with van der Waals surface area (Å²) in [5.74, 6) is -5.84. The van der Waals surface area contributed by atoms with Crippen LogP contribution in [0.1, 0.15) is 25.7 Å². The first-order valence-electron chi connectivity index (χ1n) is 7.66. The van der Waals surface area contributed by atoms with Gasteiger partial charge in [0.15, 0.2) is 23.1 Å². The molecular weight excluding hydrogens is 356 g/mol. The monoisotopic (exact) mass is 370 g/mol. The maximum atomic E-state index is 13.3. The van der Waals surface area contributed by atoms with Crippen LogP contribution in [0.2, 0.25) is 0 Å². The highest BCUT2D eigenvalue weighted by atomic mass is 19.1. The Hall–Kier alpha value is -2.90. The van der Waals surface area contributed by atoms with Crippen molar-refractivity contribution in [1.29, 1.82) is 0 Å². The van der Waals surface area contributed by atoms with Crippen molar-refractivity contribution in [1.82, 2.24) is 0 Å². The van der Waals surface area contributed by atoms with Crippen LogP contribution in [-0.4, -0.2) is 11.9 Å². The maximum absolute atomic E-state index is 13.3. The Morgan fingerprint density at radius 3 is 1.42 bits per heavy atom. The Balaban J connectivity index is 1.70. The molecule has 0 amide bonds.